The number of halogens is 2. The largest absolute Gasteiger partial charge is 0.324 e. The molecule has 1 N–H and O–H groups in total. The maximum absolute atomic E-state index is 13.4. The van der Waals surface area contributed by atoms with E-state index in [-0.39, 0.29) is 0 Å². The number of rotatable bonds is 4. The van der Waals surface area contributed by atoms with Crippen LogP contribution in [0.15, 0.2) is 54.7 Å². The summed E-state index contributed by atoms with van der Waals surface area (Å²) < 4.78 is 26.7. The van der Waals surface area contributed by atoms with Crippen LogP contribution >= 0.6 is 0 Å². The third-order valence-corrected chi connectivity index (χ3v) is 4.37. The van der Waals surface area contributed by atoms with Crippen LogP contribution in [0.2, 0.25) is 0 Å². The zero-order valence-electron chi connectivity index (χ0n) is 14.1. The van der Waals surface area contributed by atoms with Crippen LogP contribution < -0.4 is 5.32 Å². The fourth-order valence-corrected chi connectivity index (χ4v) is 3.18. The molecule has 0 spiro atoms. The van der Waals surface area contributed by atoms with Gasteiger partial charge in [0.15, 0.2) is 0 Å². The van der Waals surface area contributed by atoms with Crippen LogP contribution in [-0.4, -0.2) is 21.4 Å². The minimum Gasteiger partial charge on any atom is -0.324 e. The second-order valence-electron chi connectivity index (χ2n) is 6.39. The van der Waals surface area contributed by atoms with E-state index in [2.05, 4.69) is 20.2 Å². The third kappa shape index (κ3) is 3.86. The average Bonchev–Trinajstić information content (AvgIpc) is 2.62. The minimum absolute atomic E-state index is 0.498. The number of nitrogens with zero attached hydrogens (tertiary/aromatic N) is 3. The lowest BCUT2D eigenvalue weighted by Crippen LogP contribution is -2.31. The monoisotopic (exact) mass is 352 g/mol. The van der Waals surface area contributed by atoms with Crippen molar-refractivity contribution in [3.05, 3.63) is 83.2 Å². The van der Waals surface area contributed by atoms with Crippen molar-refractivity contribution in [1.29, 1.82) is 0 Å². The van der Waals surface area contributed by atoms with Crippen molar-refractivity contribution in [1.82, 2.24) is 14.9 Å². The molecule has 132 valence electrons. The van der Waals surface area contributed by atoms with Gasteiger partial charge in [0.1, 0.15) is 11.6 Å². The summed E-state index contributed by atoms with van der Waals surface area (Å²) >= 11 is 0. The molecule has 1 aromatic heterocycles. The average molecular weight is 352 g/mol. The van der Waals surface area contributed by atoms with Gasteiger partial charge in [-0.2, -0.15) is 0 Å². The predicted octanol–water partition coefficient (Wildman–Crippen LogP) is 4.06. The van der Waals surface area contributed by atoms with Gasteiger partial charge in [-0.1, -0.05) is 18.2 Å². The first-order valence-corrected chi connectivity index (χ1v) is 8.50. The molecule has 2 aromatic carbocycles. The second-order valence-corrected chi connectivity index (χ2v) is 6.39. The molecular weight excluding hydrogens is 334 g/mol. The molecule has 0 bridgehead atoms. The molecule has 0 saturated carbocycles. The van der Waals surface area contributed by atoms with E-state index in [0.717, 1.165) is 36.0 Å². The van der Waals surface area contributed by atoms with Crippen LogP contribution in [-0.2, 0) is 19.5 Å². The smallest absolute Gasteiger partial charge is 0.227 e. The summed E-state index contributed by atoms with van der Waals surface area (Å²) in [6.45, 7) is 1.95. The molecule has 0 atom stereocenters. The van der Waals surface area contributed by atoms with Crippen LogP contribution in [0.1, 0.15) is 16.8 Å². The fourth-order valence-electron chi connectivity index (χ4n) is 3.18. The first-order valence-electron chi connectivity index (χ1n) is 8.50. The molecule has 0 aliphatic carbocycles. The van der Waals surface area contributed by atoms with Gasteiger partial charge in [0.25, 0.3) is 0 Å². The zero-order valence-corrected chi connectivity index (χ0v) is 14.1. The molecule has 6 heteroatoms. The van der Waals surface area contributed by atoms with Gasteiger partial charge in [-0.3, -0.25) is 4.90 Å². The molecular formula is C20H18F2N4. The van der Waals surface area contributed by atoms with Crippen molar-refractivity contribution < 1.29 is 8.78 Å². The Morgan fingerprint density at radius 1 is 1.04 bits per heavy atom. The summed E-state index contributed by atoms with van der Waals surface area (Å²) in [6, 6.07) is 13.4. The Bertz CT molecular complexity index is 895. The summed E-state index contributed by atoms with van der Waals surface area (Å²) in [4.78, 5) is 11.1. The van der Waals surface area contributed by atoms with Gasteiger partial charge >= 0.3 is 0 Å². The molecule has 0 unspecified atom stereocenters. The van der Waals surface area contributed by atoms with Crippen molar-refractivity contribution in [3.8, 4) is 0 Å². The quantitative estimate of drug-likeness (QED) is 0.769. The Kier molecular flexibility index (Phi) is 4.58. The van der Waals surface area contributed by atoms with E-state index in [1.165, 1.54) is 12.1 Å². The standard InChI is InChI=1S/C20H18F2N4/c21-16-8-14(9-17(22)10-16)12-26-7-6-19-15(13-26)11-23-20(25-19)24-18-4-2-1-3-5-18/h1-5,8-11H,6-7,12-13H2,(H,23,24,25). The van der Waals surface area contributed by atoms with Crippen molar-refractivity contribution in [2.24, 2.45) is 0 Å². The van der Waals surface area contributed by atoms with Gasteiger partial charge in [-0.15, -0.1) is 0 Å². The molecule has 0 fully saturated rings. The summed E-state index contributed by atoms with van der Waals surface area (Å²) in [6.07, 6.45) is 2.60. The highest BCUT2D eigenvalue weighted by Gasteiger charge is 2.19. The Hall–Kier alpha value is -2.86. The zero-order chi connectivity index (χ0) is 17.9. The van der Waals surface area contributed by atoms with Gasteiger partial charge in [-0.25, -0.2) is 18.7 Å². The summed E-state index contributed by atoms with van der Waals surface area (Å²) in [5.74, 6) is -0.509. The molecule has 4 rings (SSSR count). The molecule has 26 heavy (non-hydrogen) atoms. The molecule has 2 heterocycles. The fraction of sp³-hybridized carbons (Fsp3) is 0.200. The predicted molar refractivity (Wildman–Crippen MR) is 95.9 cm³/mol. The van der Waals surface area contributed by atoms with Crippen LogP contribution in [0.5, 0.6) is 0 Å². The molecule has 0 amide bonds. The van der Waals surface area contributed by atoms with Crippen molar-refractivity contribution >= 4 is 11.6 Å². The van der Waals surface area contributed by atoms with Gasteiger partial charge in [0, 0.05) is 49.6 Å². The van der Waals surface area contributed by atoms with Crippen molar-refractivity contribution in [2.45, 2.75) is 19.5 Å². The molecule has 1 aliphatic heterocycles. The second kappa shape index (κ2) is 7.17. The summed E-state index contributed by atoms with van der Waals surface area (Å²) in [5, 5.41) is 3.20. The SMILES string of the molecule is Fc1cc(F)cc(CN2CCc3nc(Nc4ccccc4)ncc3C2)c1. The number of nitrogens with one attached hydrogen (secondary N) is 1. The first-order chi connectivity index (χ1) is 12.7. The lowest BCUT2D eigenvalue weighted by molar-refractivity contribution is 0.242. The van der Waals surface area contributed by atoms with Crippen LogP contribution in [0, 0.1) is 11.6 Å². The van der Waals surface area contributed by atoms with E-state index in [1.54, 1.807) is 0 Å². The van der Waals surface area contributed by atoms with E-state index in [1.807, 2.05) is 36.5 Å². The Balaban J connectivity index is 1.45. The first kappa shape index (κ1) is 16.6. The minimum atomic E-state index is -0.544. The normalized spacial score (nSPS) is 14.1. The number of aromatic nitrogens is 2. The van der Waals surface area contributed by atoms with E-state index in [9.17, 15) is 8.78 Å². The van der Waals surface area contributed by atoms with E-state index < -0.39 is 11.6 Å². The lowest BCUT2D eigenvalue weighted by atomic mass is 10.1. The maximum atomic E-state index is 13.4. The maximum Gasteiger partial charge on any atom is 0.227 e. The van der Waals surface area contributed by atoms with Gasteiger partial charge in [0.2, 0.25) is 5.95 Å². The number of anilines is 2. The number of fused-ring (bicyclic) bond motifs is 1. The summed E-state index contributed by atoms with van der Waals surface area (Å²) in [5.41, 5.74) is 3.64. The van der Waals surface area contributed by atoms with E-state index in [4.69, 9.17) is 0 Å². The third-order valence-electron chi connectivity index (χ3n) is 4.37. The molecule has 0 saturated heterocycles. The van der Waals surface area contributed by atoms with Crippen molar-refractivity contribution in [2.75, 3.05) is 11.9 Å². The summed E-state index contributed by atoms with van der Waals surface area (Å²) in [7, 11) is 0. The molecule has 0 radical (unpaired) electrons. The number of hydrogen-bond donors (Lipinski definition) is 1. The highest BCUT2D eigenvalue weighted by atomic mass is 19.1. The number of hydrogen-bond acceptors (Lipinski definition) is 4. The van der Waals surface area contributed by atoms with Gasteiger partial charge < -0.3 is 5.32 Å². The Labute approximate surface area is 150 Å². The van der Waals surface area contributed by atoms with E-state index >= 15 is 0 Å². The Morgan fingerprint density at radius 2 is 1.81 bits per heavy atom. The van der Waals surface area contributed by atoms with Gasteiger partial charge in [-0.05, 0) is 29.8 Å². The van der Waals surface area contributed by atoms with Crippen molar-refractivity contribution in [3.63, 3.8) is 0 Å². The molecule has 4 nitrogen and oxygen atoms in total. The number of benzene rings is 2. The highest BCUT2D eigenvalue weighted by molar-refractivity contribution is 5.52. The number of para-hydroxylation sites is 1. The van der Waals surface area contributed by atoms with Crippen LogP contribution in [0.25, 0.3) is 0 Å². The molecule has 1 aliphatic rings. The Morgan fingerprint density at radius 3 is 2.58 bits per heavy atom. The highest BCUT2D eigenvalue weighted by Crippen LogP contribution is 2.21. The molecule has 3 aromatic rings. The van der Waals surface area contributed by atoms with E-state index in [0.29, 0.717) is 24.6 Å². The van der Waals surface area contributed by atoms with Gasteiger partial charge in [0.05, 0.1) is 5.69 Å². The van der Waals surface area contributed by atoms with Crippen LogP contribution in [0.3, 0.4) is 0 Å². The van der Waals surface area contributed by atoms with Crippen LogP contribution in [0.4, 0.5) is 20.4 Å². The lowest BCUT2D eigenvalue weighted by Gasteiger charge is -2.28. The topological polar surface area (TPSA) is 41.1 Å².